The Morgan fingerprint density at radius 1 is 0.900 bits per heavy atom. The van der Waals surface area contributed by atoms with Crippen molar-refractivity contribution < 1.29 is 0 Å². The highest BCUT2D eigenvalue weighted by Gasteiger charge is 2.09. The lowest BCUT2D eigenvalue weighted by molar-refractivity contribution is 0.690. The van der Waals surface area contributed by atoms with Crippen LogP contribution < -0.4 is 10.6 Å². The maximum absolute atomic E-state index is 4.64. The third kappa shape index (κ3) is 4.90. The van der Waals surface area contributed by atoms with Gasteiger partial charge in [-0.15, -0.1) is 0 Å². The molecule has 2 N–H and O–H groups in total. The van der Waals surface area contributed by atoms with Crippen LogP contribution in [0.2, 0.25) is 0 Å². The molecule has 0 amide bonds. The molecule has 0 unspecified atom stereocenters. The second kappa shape index (κ2) is 8.88. The predicted molar refractivity (Wildman–Crippen MR) is 120 cm³/mol. The van der Waals surface area contributed by atoms with Crippen LogP contribution in [0.1, 0.15) is 27.9 Å². The van der Waals surface area contributed by atoms with E-state index >= 15 is 0 Å². The van der Waals surface area contributed by atoms with Gasteiger partial charge in [0.25, 0.3) is 0 Å². The van der Waals surface area contributed by atoms with Crippen LogP contribution in [0.4, 0.5) is 11.6 Å². The molecular weight excluding hydrogens is 372 g/mol. The van der Waals surface area contributed by atoms with Gasteiger partial charge in [-0.1, -0.05) is 36.4 Å². The average molecular weight is 399 g/mol. The summed E-state index contributed by atoms with van der Waals surface area (Å²) in [4.78, 5) is 8.99. The molecule has 0 spiro atoms. The third-order valence-corrected chi connectivity index (χ3v) is 4.84. The Kier molecular flexibility index (Phi) is 5.86. The van der Waals surface area contributed by atoms with Gasteiger partial charge < -0.3 is 10.6 Å². The van der Waals surface area contributed by atoms with E-state index in [1.54, 1.807) is 6.20 Å². The number of aromatic nitrogens is 4. The van der Waals surface area contributed by atoms with Gasteiger partial charge >= 0.3 is 0 Å². The second-order valence-electron chi connectivity index (χ2n) is 7.51. The molecule has 0 aliphatic rings. The zero-order valence-corrected chi connectivity index (χ0v) is 17.6. The van der Waals surface area contributed by atoms with E-state index in [2.05, 4.69) is 82.0 Å². The quantitative estimate of drug-likeness (QED) is 0.475. The summed E-state index contributed by atoms with van der Waals surface area (Å²) < 4.78 is 1.81. The number of aryl methyl sites for hydroxylation is 3. The van der Waals surface area contributed by atoms with Gasteiger partial charge in [-0.3, -0.25) is 0 Å². The summed E-state index contributed by atoms with van der Waals surface area (Å²) in [5.41, 5.74) is 6.77. The first-order valence-electron chi connectivity index (χ1n) is 10.1. The third-order valence-electron chi connectivity index (χ3n) is 4.84. The highest BCUT2D eigenvalue weighted by molar-refractivity contribution is 5.56. The van der Waals surface area contributed by atoms with Crippen LogP contribution in [-0.2, 0) is 13.1 Å². The van der Waals surface area contributed by atoms with Crippen LogP contribution in [0.3, 0.4) is 0 Å². The van der Waals surface area contributed by atoms with Crippen molar-refractivity contribution in [2.24, 2.45) is 0 Å². The lowest BCUT2D eigenvalue weighted by atomic mass is 10.1. The summed E-state index contributed by atoms with van der Waals surface area (Å²) in [6, 6.07) is 18.5. The summed E-state index contributed by atoms with van der Waals surface area (Å²) in [6.07, 6.45) is 3.77. The number of benzene rings is 2. The summed E-state index contributed by atoms with van der Waals surface area (Å²) in [6.45, 7) is 7.75. The topological polar surface area (TPSA) is 67.7 Å². The molecule has 30 heavy (non-hydrogen) atoms. The number of nitrogens with zero attached hydrogens (tertiary/aromatic N) is 4. The van der Waals surface area contributed by atoms with Crippen LogP contribution in [0.25, 0.3) is 5.82 Å². The minimum absolute atomic E-state index is 0.550. The summed E-state index contributed by atoms with van der Waals surface area (Å²) in [5.74, 6) is 1.28. The molecule has 0 atom stereocenters. The van der Waals surface area contributed by atoms with Gasteiger partial charge in [0.05, 0.1) is 5.69 Å². The highest BCUT2D eigenvalue weighted by atomic mass is 15.3. The first-order valence-corrected chi connectivity index (χ1v) is 10.1. The zero-order valence-electron chi connectivity index (χ0n) is 17.6. The fourth-order valence-corrected chi connectivity index (χ4v) is 3.44. The molecule has 0 saturated heterocycles. The number of nitrogens with one attached hydrogen (secondary N) is 2. The molecule has 6 nitrogen and oxygen atoms in total. The Morgan fingerprint density at radius 3 is 2.43 bits per heavy atom. The lowest BCUT2D eigenvalue weighted by Gasteiger charge is -2.08. The van der Waals surface area contributed by atoms with E-state index in [-0.39, 0.29) is 0 Å². The van der Waals surface area contributed by atoms with Gasteiger partial charge in [-0.05, 0) is 49.6 Å². The lowest BCUT2D eigenvalue weighted by Crippen LogP contribution is -2.12. The maximum atomic E-state index is 4.64. The molecule has 2 aromatic carbocycles. The van der Waals surface area contributed by atoms with Crippen LogP contribution in [0.5, 0.6) is 0 Å². The minimum Gasteiger partial charge on any atom is -0.324 e. The monoisotopic (exact) mass is 398 g/mol. The van der Waals surface area contributed by atoms with E-state index in [1.165, 1.54) is 16.7 Å². The first kappa shape index (κ1) is 19.8. The van der Waals surface area contributed by atoms with Crippen molar-refractivity contribution in [2.75, 3.05) is 5.32 Å². The van der Waals surface area contributed by atoms with Crippen molar-refractivity contribution in [3.8, 4) is 5.82 Å². The largest absolute Gasteiger partial charge is 0.324 e. The van der Waals surface area contributed by atoms with Gasteiger partial charge in [0.1, 0.15) is 0 Å². The van der Waals surface area contributed by atoms with E-state index in [0.29, 0.717) is 5.95 Å². The molecule has 4 aromatic rings. The molecule has 2 heterocycles. The molecule has 0 saturated carbocycles. The van der Waals surface area contributed by atoms with Gasteiger partial charge in [0.15, 0.2) is 5.82 Å². The molecule has 0 radical (unpaired) electrons. The van der Waals surface area contributed by atoms with Crippen molar-refractivity contribution in [3.63, 3.8) is 0 Å². The van der Waals surface area contributed by atoms with Gasteiger partial charge in [0.2, 0.25) is 5.95 Å². The fourth-order valence-electron chi connectivity index (χ4n) is 3.44. The number of hydrogen-bond acceptors (Lipinski definition) is 5. The second-order valence-corrected chi connectivity index (χ2v) is 7.51. The molecule has 0 aliphatic heterocycles. The predicted octanol–water partition coefficient (Wildman–Crippen LogP) is 4.62. The summed E-state index contributed by atoms with van der Waals surface area (Å²) >= 11 is 0. The maximum Gasteiger partial charge on any atom is 0.229 e. The van der Waals surface area contributed by atoms with Gasteiger partial charge in [0, 0.05) is 42.8 Å². The Bertz CT molecular complexity index is 1110. The molecule has 0 bridgehead atoms. The molecule has 6 heteroatoms. The van der Waals surface area contributed by atoms with Crippen molar-refractivity contribution in [1.29, 1.82) is 0 Å². The Balaban J connectivity index is 1.46. The van der Waals surface area contributed by atoms with Crippen molar-refractivity contribution in [2.45, 2.75) is 33.9 Å². The number of anilines is 2. The van der Waals surface area contributed by atoms with E-state index < -0.39 is 0 Å². The molecule has 0 fully saturated rings. The van der Waals surface area contributed by atoms with Crippen LogP contribution >= 0.6 is 0 Å². The Morgan fingerprint density at radius 2 is 1.67 bits per heavy atom. The summed E-state index contributed by atoms with van der Waals surface area (Å²) in [7, 11) is 0. The SMILES string of the molecule is Cc1cc(C)cc(Nc2nccc(-n3cc(CNCc4ccccc4)c(C)n3)n2)c1. The van der Waals surface area contributed by atoms with E-state index in [9.17, 15) is 0 Å². The fraction of sp³-hybridized carbons (Fsp3) is 0.208. The van der Waals surface area contributed by atoms with E-state index in [0.717, 1.165) is 35.9 Å². The number of rotatable bonds is 7. The van der Waals surface area contributed by atoms with Crippen molar-refractivity contribution >= 4 is 11.6 Å². The number of hydrogen-bond donors (Lipinski definition) is 2. The van der Waals surface area contributed by atoms with Crippen LogP contribution in [0, 0.1) is 20.8 Å². The van der Waals surface area contributed by atoms with Crippen LogP contribution in [0.15, 0.2) is 67.0 Å². The van der Waals surface area contributed by atoms with E-state index in [4.69, 9.17) is 0 Å². The normalized spacial score (nSPS) is 10.9. The molecule has 2 aromatic heterocycles. The minimum atomic E-state index is 0.550. The van der Waals surface area contributed by atoms with Crippen molar-refractivity contribution in [3.05, 3.63) is 94.9 Å². The van der Waals surface area contributed by atoms with E-state index in [1.807, 2.05) is 29.9 Å². The van der Waals surface area contributed by atoms with Crippen LogP contribution in [-0.4, -0.2) is 19.7 Å². The van der Waals surface area contributed by atoms with Crippen molar-refractivity contribution in [1.82, 2.24) is 25.1 Å². The molecule has 0 aliphatic carbocycles. The first-order chi connectivity index (χ1) is 14.6. The molecule has 4 rings (SSSR count). The van der Waals surface area contributed by atoms with Gasteiger partial charge in [-0.2, -0.15) is 10.1 Å². The Hall–Kier alpha value is -3.51. The standard InChI is InChI=1S/C24H26N6/c1-17-11-18(2)13-22(12-17)27-24-26-10-9-23(28-24)30-16-21(19(3)29-30)15-25-14-20-7-5-4-6-8-20/h4-13,16,25H,14-15H2,1-3H3,(H,26,27,28). The average Bonchev–Trinajstić information content (AvgIpc) is 3.09. The summed E-state index contributed by atoms with van der Waals surface area (Å²) in [5, 5.41) is 11.4. The smallest absolute Gasteiger partial charge is 0.229 e. The molecular formula is C24H26N6. The Labute approximate surface area is 177 Å². The van der Waals surface area contributed by atoms with Gasteiger partial charge in [-0.25, -0.2) is 9.67 Å². The molecule has 152 valence electrons. The zero-order chi connectivity index (χ0) is 20.9. The highest BCUT2D eigenvalue weighted by Crippen LogP contribution is 2.18.